The Morgan fingerprint density at radius 1 is 0.862 bits per heavy atom. The Hall–Kier alpha value is -1.75. The topological polar surface area (TPSA) is 202 Å². The van der Waals surface area contributed by atoms with Crippen LogP contribution in [0.15, 0.2) is 0 Å². The zero-order valence-corrected chi connectivity index (χ0v) is 17.7. The van der Waals surface area contributed by atoms with Gasteiger partial charge in [-0.25, -0.2) is 0 Å². The minimum atomic E-state index is -0.987. The number of nitrogens with two attached hydrogens (primary N) is 2. The van der Waals surface area contributed by atoms with E-state index in [0.717, 1.165) is 21.5 Å². The van der Waals surface area contributed by atoms with Gasteiger partial charge < -0.3 is 21.7 Å². The van der Waals surface area contributed by atoms with Crippen molar-refractivity contribution in [3.63, 3.8) is 0 Å². The smallest absolute Gasteiger partial charge is 0.245 e. The summed E-state index contributed by atoms with van der Waals surface area (Å²) in [6.07, 6.45) is 1.39. The zero-order valence-electron chi connectivity index (χ0n) is 15.3. The summed E-state index contributed by atoms with van der Waals surface area (Å²) < 4.78 is 0. The van der Waals surface area contributed by atoms with E-state index in [1.165, 1.54) is 22.7 Å². The van der Waals surface area contributed by atoms with Gasteiger partial charge >= 0.3 is 0 Å². The van der Waals surface area contributed by atoms with Gasteiger partial charge in [0.2, 0.25) is 22.1 Å². The van der Waals surface area contributed by atoms with Gasteiger partial charge in [-0.1, -0.05) is 22.7 Å². The van der Waals surface area contributed by atoms with Crippen molar-refractivity contribution in [2.24, 2.45) is 11.5 Å². The third-order valence-electron chi connectivity index (χ3n) is 3.38. The molecule has 0 aliphatic rings. The van der Waals surface area contributed by atoms with Crippen molar-refractivity contribution in [3.8, 4) is 0 Å². The fourth-order valence-corrected chi connectivity index (χ4v) is 4.42. The molecule has 2 aromatic rings. The van der Waals surface area contributed by atoms with E-state index in [9.17, 15) is 9.59 Å². The van der Waals surface area contributed by atoms with Gasteiger partial charge in [0.25, 0.3) is 0 Å². The molecule has 0 unspecified atom stereocenters. The first kappa shape index (κ1) is 23.5. The van der Waals surface area contributed by atoms with Gasteiger partial charge in [-0.05, 0) is 11.5 Å². The number of aryl methyl sites for hydroxylation is 2. The maximum absolute atomic E-state index is 11.6. The number of nitrogens with zero attached hydrogens (tertiary/aromatic N) is 4. The predicted molar refractivity (Wildman–Crippen MR) is 112 cm³/mol. The largest absolute Gasteiger partial charge is 0.394 e. The minimum absolute atomic E-state index is 0.350. The van der Waals surface area contributed by atoms with E-state index < -0.39 is 37.1 Å². The number of carbonyl (C=O) groups excluding carboxylic acids is 2. The molecule has 2 atom stereocenters. The van der Waals surface area contributed by atoms with Crippen LogP contribution in [-0.4, -0.2) is 79.2 Å². The standard InChI is InChI=1S/C14H22N8O4S3/c15-7(5-23)11(25)17-13-21-19-9(28-13)1-3-27-4-2-10-20-22-14(29-10)18-12(26)8(16)6-24/h7-8,23-24H,1-6,15-16H2,(H,17,21,25)(H,18,22,26)/t7-,8-/m0/s1. The van der Waals surface area contributed by atoms with Crippen molar-refractivity contribution >= 4 is 56.5 Å². The predicted octanol–water partition coefficient (Wildman–Crippen LogP) is -1.58. The van der Waals surface area contributed by atoms with Crippen LogP contribution in [0.4, 0.5) is 10.3 Å². The molecule has 2 heterocycles. The van der Waals surface area contributed by atoms with Crippen molar-refractivity contribution in [1.82, 2.24) is 20.4 Å². The van der Waals surface area contributed by atoms with Crippen molar-refractivity contribution in [2.75, 3.05) is 35.4 Å². The first-order valence-corrected chi connectivity index (χ1v) is 11.3. The van der Waals surface area contributed by atoms with E-state index in [2.05, 4.69) is 31.0 Å². The van der Waals surface area contributed by atoms with E-state index in [-0.39, 0.29) is 0 Å². The van der Waals surface area contributed by atoms with Crippen LogP contribution in [0.1, 0.15) is 10.0 Å². The highest BCUT2D eigenvalue weighted by Crippen LogP contribution is 2.19. The molecule has 0 saturated heterocycles. The average Bonchev–Trinajstić information content (AvgIpc) is 3.35. The second kappa shape index (κ2) is 12.1. The quantitative estimate of drug-likeness (QED) is 0.199. The van der Waals surface area contributed by atoms with Gasteiger partial charge in [0.05, 0.1) is 13.2 Å². The van der Waals surface area contributed by atoms with Crippen LogP contribution >= 0.6 is 34.4 Å². The van der Waals surface area contributed by atoms with E-state index in [1.807, 2.05) is 0 Å². The number of amides is 2. The molecule has 0 bridgehead atoms. The number of aliphatic hydroxyl groups is 2. The molecule has 2 rings (SSSR count). The van der Waals surface area contributed by atoms with Gasteiger partial charge in [0.15, 0.2) is 0 Å². The number of carbonyl (C=O) groups is 2. The molecule has 160 valence electrons. The molecule has 0 aliphatic carbocycles. The van der Waals surface area contributed by atoms with Crippen LogP contribution in [0.25, 0.3) is 0 Å². The summed E-state index contributed by atoms with van der Waals surface area (Å²) in [6, 6.07) is -1.97. The monoisotopic (exact) mass is 462 g/mol. The van der Waals surface area contributed by atoms with Crippen LogP contribution in [0.3, 0.4) is 0 Å². The lowest BCUT2D eigenvalue weighted by Crippen LogP contribution is -2.38. The summed E-state index contributed by atoms with van der Waals surface area (Å²) in [5.41, 5.74) is 10.8. The van der Waals surface area contributed by atoms with Crippen LogP contribution in [0.2, 0.25) is 0 Å². The molecule has 8 N–H and O–H groups in total. The second-order valence-corrected chi connectivity index (χ2v) is 9.02. The molecular weight excluding hydrogens is 440 g/mol. The molecular formula is C14H22N8O4S3. The van der Waals surface area contributed by atoms with E-state index in [0.29, 0.717) is 23.1 Å². The van der Waals surface area contributed by atoms with Crippen LogP contribution < -0.4 is 22.1 Å². The van der Waals surface area contributed by atoms with Gasteiger partial charge in [0.1, 0.15) is 22.1 Å². The molecule has 29 heavy (non-hydrogen) atoms. The average molecular weight is 463 g/mol. The van der Waals surface area contributed by atoms with Crippen molar-refractivity contribution in [3.05, 3.63) is 10.0 Å². The highest BCUT2D eigenvalue weighted by Gasteiger charge is 2.15. The minimum Gasteiger partial charge on any atom is -0.394 e. The first-order chi connectivity index (χ1) is 13.9. The summed E-state index contributed by atoms with van der Waals surface area (Å²) in [5.74, 6) is 0.616. The number of aromatic nitrogens is 4. The van der Waals surface area contributed by atoms with Gasteiger partial charge in [0, 0.05) is 12.8 Å². The van der Waals surface area contributed by atoms with Crippen LogP contribution in [-0.2, 0) is 22.4 Å². The summed E-state index contributed by atoms with van der Waals surface area (Å²) in [6.45, 7) is -0.875. The van der Waals surface area contributed by atoms with Crippen LogP contribution in [0.5, 0.6) is 0 Å². The van der Waals surface area contributed by atoms with E-state index in [4.69, 9.17) is 21.7 Å². The number of nitrogens with one attached hydrogen (secondary N) is 2. The van der Waals surface area contributed by atoms with Crippen LogP contribution in [0, 0.1) is 0 Å². The summed E-state index contributed by atoms with van der Waals surface area (Å²) in [5, 5.41) is 40.8. The second-order valence-electron chi connectivity index (χ2n) is 5.67. The lowest BCUT2D eigenvalue weighted by molar-refractivity contribution is -0.119. The van der Waals surface area contributed by atoms with Gasteiger partial charge in [-0.3, -0.25) is 20.2 Å². The lowest BCUT2D eigenvalue weighted by Gasteiger charge is -2.05. The Labute approximate surface area is 178 Å². The Kier molecular flexibility index (Phi) is 9.79. The Bertz CT molecular complexity index is 737. The number of hydrogen-bond donors (Lipinski definition) is 6. The highest BCUT2D eigenvalue weighted by atomic mass is 32.2. The molecule has 0 spiro atoms. The number of aliphatic hydroxyl groups excluding tert-OH is 2. The third-order valence-corrected chi connectivity index (χ3v) is 6.16. The fourth-order valence-electron chi connectivity index (χ4n) is 1.79. The molecule has 2 amide bonds. The fraction of sp³-hybridized carbons (Fsp3) is 0.571. The SMILES string of the molecule is N[C@@H](CO)C(=O)Nc1nnc(CCSCCc2nnc(NC(=O)[C@@H](N)CO)s2)s1. The summed E-state index contributed by atoms with van der Waals surface area (Å²) in [4.78, 5) is 23.2. The highest BCUT2D eigenvalue weighted by molar-refractivity contribution is 7.99. The normalized spacial score (nSPS) is 13.1. The third kappa shape index (κ3) is 7.88. The van der Waals surface area contributed by atoms with Crippen molar-refractivity contribution < 1.29 is 19.8 Å². The van der Waals surface area contributed by atoms with Gasteiger partial charge in [-0.2, -0.15) is 11.8 Å². The Balaban J connectivity index is 1.65. The molecule has 15 heteroatoms. The van der Waals surface area contributed by atoms with Crippen molar-refractivity contribution in [2.45, 2.75) is 24.9 Å². The Morgan fingerprint density at radius 3 is 1.66 bits per heavy atom. The van der Waals surface area contributed by atoms with Crippen molar-refractivity contribution in [1.29, 1.82) is 0 Å². The maximum atomic E-state index is 11.6. The molecule has 0 fully saturated rings. The summed E-state index contributed by atoms with van der Waals surface area (Å²) >= 11 is 4.23. The molecule has 12 nitrogen and oxygen atoms in total. The molecule has 0 radical (unpaired) electrons. The summed E-state index contributed by atoms with van der Waals surface area (Å²) in [7, 11) is 0. The molecule has 0 aromatic carbocycles. The Morgan fingerprint density at radius 2 is 1.28 bits per heavy atom. The molecule has 2 aromatic heterocycles. The van der Waals surface area contributed by atoms with E-state index in [1.54, 1.807) is 11.8 Å². The zero-order chi connectivity index (χ0) is 21.2. The first-order valence-electron chi connectivity index (χ1n) is 8.50. The molecule has 0 aliphatic heterocycles. The lowest BCUT2D eigenvalue weighted by atomic mass is 10.3. The molecule has 0 saturated carbocycles. The number of hydrogen-bond acceptors (Lipinski definition) is 13. The van der Waals surface area contributed by atoms with E-state index >= 15 is 0 Å². The van der Waals surface area contributed by atoms with Gasteiger partial charge in [-0.15, -0.1) is 20.4 Å². The number of thioether (sulfide) groups is 1. The maximum Gasteiger partial charge on any atom is 0.245 e. The number of rotatable bonds is 12. The number of anilines is 2.